The molecule has 1 amide bonds. The summed E-state index contributed by atoms with van der Waals surface area (Å²) in [5.74, 6) is -0.121. The molecule has 2 N–H and O–H groups in total. The number of nitrogens with zero attached hydrogens (tertiary/aromatic N) is 1. The Morgan fingerprint density at radius 2 is 1.93 bits per heavy atom. The molecule has 0 aromatic carbocycles. The largest absolute Gasteiger partial charge is 0.287 e. The Morgan fingerprint density at radius 1 is 1.33 bits per heavy atom. The van der Waals surface area contributed by atoms with Crippen molar-refractivity contribution in [2.45, 2.75) is 32.7 Å². The van der Waals surface area contributed by atoms with Crippen LogP contribution in [0, 0.1) is 0 Å². The summed E-state index contributed by atoms with van der Waals surface area (Å²) in [5.41, 5.74) is 6.30. The summed E-state index contributed by atoms with van der Waals surface area (Å²) in [7, 11) is 0. The fourth-order valence-electron chi connectivity index (χ4n) is 1.24. The first-order valence-corrected chi connectivity index (χ1v) is 5.23. The monoisotopic (exact) mass is 207 g/mol. The summed E-state index contributed by atoms with van der Waals surface area (Å²) < 4.78 is 0. The molecule has 0 aliphatic rings. The maximum atomic E-state index is 11.6. The van der Waals surface area contributed by atoms with E-state index in [1.807, 2.05) is 0 Å². The van der Waals surface area contributed by atoms with Crippen LogP contribution in [0.2, 0.25) is 0 Å². The van der Waals surface area contributed by atoms with Gasteiger partial charge in [-0.3, -0.25) is 15.2 Å². The second-order valence-electron chi connectivity index (χ2n) is 3.35. The zero-order valence-electron chi connectivity index (χ0n) is 9.16. The molecule has 15 heavy (non-hydrogen) atoms. The van der Waals surface area contributed by atoms with Crippen LogP contribution in [0.25, 0.3) is 0 Å². The third-order valence-corrected chi connectivity index (χ3v) is 2.32. The number of nitrogens with one attached hydrogen (secondary N) is 2. The smallest absolute Gasteiger partial charge is 0.265 e. The first-order chi connectivity index (χ1) is 7.27. The van der Waals surface area contributed by atoms with Crippen molar-refractivity contribution in [1.82, 2.24) is 15.8 Å². The fourth-order valence-corrected chi connectivity index (χ4v) is 1.24. The van der Waals surface area contributed by atoms with Gasteiger partial charge in [-0.25, -0.2) is 5.43 Å². The molecule has 0 unspecified atom stereocenters. The maximum Gasteiger partial charge on any atom is 0.265 e. The van der Waals surface area contributed by atoms with Crippen molar-refractivity contribution < 1.29 is 4.79 Å². The van der Waals surface area contributed by atoms with E-state index in [-0.39, 0.29) is 5.91 Å². The highest BCUT2D eigenvalue weighted by molar-refractivity contribution is 5.93. The average molecular weight is 207 g/mol. The predicted octanol–water partition coefficient (Wildman–Crippen LogP) is 1.50. The number of aromatic nitrogens is 1. The molecule has 0 spiro atoms. The van der Waals surface area contributed by atoms with Crippen LogP contribution >= 0.6 is 0 Å². The van der Waals surface area contributed by atoms with E-state index in [2.05, 4.69) is 29.7 Å². The van der Waals surface area contributed by atoms with Crippen LogP contribution in [0.15, 0.2) is 24.5 Å². The van der Waals surface area contributed by atoms with Gasteiger partial charge in [0.15, 0.2) is 0 Å². The quantitative estimate of drug-likeness (QED) is 0.719. The molecule has 0 saturated heterocycles. The Kier molecular flexibility index (Phi) is 4.77. The minimum atomic E-state index is -0.121. The summed E-state index contributed by atoms with van der Waals surface area (Å²) in [4.78, 5) is 15.4. The normalized spacial score (nSPS) is 10.3. The van der Waals surface area contributed by atoms with Gasteiger partial charge in [0.05, 0.1) is 0 Å². The molecule has 0 aliphatic heterocycles. The first kappa shape index (κ1) is 11.7. The van der Waals surface area contributed by atoms with Gasteiger partial charge in [0.2, 0.25) is 0 Å². The van der Waals surface area contributed by atoms with Crippen LogP contribution in [0.1, 0.15) is 37.0 Å². The van der Waals surface area contributed by atoms with Crippen molar-refractivity contribution in [1.29, 1.82) is 0 Å². The standard InChI is InChI=1S/C11H17N3O/c1-3-10(4-2)13-14-11(15)9-5-7-12-8-6-9/h5-8,10,13H,3-4H2,1-2H3,(H,14,15). The van der Waals surface area contributed by atoms with E-state index in [4.69, 9.17) is 0 Å². The summed E-state index contributed by atoms with van der Waals surface area (Å²) in [5, 5.41) is 0. The first-order valence-electron chi connectivity index (χ1n) is 5.23. The molecule has 0 saturated carbocycles. The molecule has 0 fully saturated rings. The molecular weight excluding hydrogens is 190 g/mol. The number of carbonyl (C=O) groups is 1. The molecule has 1 rings (SSSR count). The van der Waals surface area contributed by atoms with Gasteiger partial charge < -0.3 is 0 Å². The van der Waals surface area contributed by atoms with E-state index >= 15 is 0 Å². The zero-order chi connectivity index (χ0) is 11.1. The Hall–Kier alpha value is -1.42. The Balaban J connectivity index is 2.43. The highest BCUT2D eigenvalue weighted by atomic mass is 16.2. The van der Waals surface area contributed by atoms with Crippen molar-refractivity contribution in [2.24, 2.45) is 0 Å². The van der Waals surface area contributed by atoms with Crippen molar-refractivity contribution in [3.8, 4) is 0 Å². The number of carbonyl (C=O) groups excluding carboxylic acids is 1. The summed E-state index contributed by atoms with van der Waals surface area (Å²) in [6, 6.07) is 3.70. The molecular formula is C11H17N3O. The van der Waals surface area contributed by atoms with Crippen LogP contribution in [-0.2, 0) is 0 Å². The summed E-state index contributed by atoms with van der Waals surface area (Å²) in [6.45, 7) is 4.17. The van der Waals surface area contributed by atoms with E-state index in [9.17, 15) is 4.79 Å². The topological polar surface area (TPSA) is 54.0 Å². The predicted molar refractivity (Wildman–Crippen MR) is 59.2 cm³/mol. The molecule has 0 aliphatic carbocycles. The molecule has 1 aromatic rings. The van der Waals surface area contributed by atoms with Gasteiger partial charge >= 0.3 is 0 Å². The third kappa shape index (κ3) is 3.67. The van der Waals surface area contributed by atoms with E-state index in [0.717, 1.165) is 12.8 Å². The number of amides is 1. The highest BCUT2D eigenvalue weighted by Gasteiger charge is 2.06. The molecule has 4 heteroatoms. The van der Waals surface area contributed by atoms with Gasteiger partial charge in [-0.15, -0.1) is 0 Å². The van der Waals surface area contributed by atoms with E-state index in [1.165, 1.54) is 0 Å². The van der Waals surface area contributed by atoms with Crippen molar-refractivity contribution >= 4 is 5.91 Å². The van der Waals surface area contributed by atoms with Gasteiger partial charge in [-0.05, 0) is 25.0 Å². The second kappa shape index (κ2) is 6.14. The maximum absolute atomic E-state index is 11.6. The number of hydrazine groups is 1. The van der Waals surface area contributed by atoms with Crippen molar-refractivity contribution in [3.05, 3.63) is 30.1 Å². The molecule has 0 radical (unpaired) electrons. The number of rotatable bonds is 5. The van der Waals surface area contributed by atoms with Gasteiger partial charge in [-0.2, -0.15) is 0 Å². The van der Waals surface area contributed by atoms with E-state index in [1.54, 1.807) is 24.5 Å². The lowest BCUT2D eigenvalue weighted by atomic mass is 10.2. The highest BCUT2D eigenvalue weighted by Crippen LogP contribution is 1.97. The Labute approximate surface area is 90.1 Å². The molecule has 82 valence electrons. The lowest BCUT2D eigenvalue weighted by molar-refractivity contribution is 0.0924. The molecule has 1 heterocycles. The second-order valence-corrected chi connectivity index (χ2v) is 3.35. The molecule has 4 nitrogen and oxygen atoms in total. The Morgan fingerprint density at radius 3 is 2.47 bits per heavy atom. The summed E-state index contributed by atoms with van der Waals surface area (Å²) >= 11 is 0. The molecule has 0 bridgehead atoms. The van der Waals surface area contributed by atoms with Gasteiger partial charge in [0.25, 0.3) is 5.91 Å². The SMILES string of the molecule is CCC(CC)NNC(=O)c1ccncc1. The minimum absolute atomic E-state index is 0.121. The minimum Gasteiger partial charge on any atom is -0.287 e. The van der Waals surface area contributed by atoms with Crippen LogP contribution in [0.4, 0.5) is 0 Å². The lowest BCUT2D eigenvalue weighted by Gasteiger charge is -2.15. The van der Waals surface area contributed by atoms with E-state index < -0.39 is 0 Å². The number of hydrogen-bond acceptors (Lipinski definition) is 3. The van der Waals surface area contributed by atoms with Crippen molar-refractivity contribution in [2.75, 3.05) is 0 Å². The molecule has 0 atom stereocenters. The summed E-state index contributed by atoms with van der Waals surface area (Å²) in [6.07, 6.45) is 5.19. The molecule has 1 aromatic heterocycles. The zero-order valence-corrected chi connectivity index (χ0v) is 9.16. The van der Waals surface area contributed by atoms with Gasteiger partial charge in [0.1, 0.15) is 0 Å². The van der Waals surface area contributed by atoms with Crippen LogP contribution < -0.4 is 10.9 Å². The van der Waals surface area contributed by atoms with Crippen molar-refractivity contribution in [3.63, 3.8) is 0 Å². The van der Waals surface area contributed by atoms with Crippen LogP contribution in [0.5, 0.6) is 0 Å². The van der Waals surface area contributed by atoms with Crippen LogP contribution in [-0.4, -0.2) is 16.9 Å². The average Bonchev–Trinajstić information content (AvgIpc) is 2.31. The van der Waals surface area contributed by atoms with E-state index in [0.29, 0.717) is 11.6 Å². The third-order valence-electron chi connectivity index (χ3n) is 2.32. The number of hydrogen-bond donors (Lipinski definition) is 2. The number of pyridine rings is 1. The fraction of sp³-hybridized carbons (Fsp3) is 0.455. The lowest BCUT2D eigenvalue weighted by Crippen LogP contribution is -2.43. The van der Waals surface area contributed by atoms with Gasteiger partial charge in [-0.1, -0.05) is 13.8 Å². The van der Waals surface area contributed by atoms with Gasteiger partial charge in [0, 0.05) is 24.0 Å². The van der Waals surface area contributed by atoms with Crippen LogP contribution in [0.3, 0.4) is 0 Å². The Bertz CT molecular complexity index is 296.